The van der Waals surface area contributed by atoms with E-state index in [0.29, 0.717) is 25.0 Å². The van der Waals surface area contributed by atoms with Crippen LogP contribution in [0.3, 0.4) is 0 Å². The number of rotatable bonds is 7. The minimum absolute atomic E-state index is 0.0132. The number of anilines is 1. The Morgan fingerprint density at radius 3 is 2.48 bits per heavy atom. The summed E-state index contributed by atoms with van der Waals surface area (Å²) < 4.78 is 5.10. The maximum atomic E-state index is 12.1. The molecule has 3 N–H and O–H groups in total. The maximum absolute atomic E-state index is 12.1. The van der Waals surface area contributed by atoms with Crippen molar-refractivity contribution in [3.63, 3.8) is 0 Å². The Kier molecular flexibility index (Phi) is 6.86. The number of hydrogen-bond acceptors (Lipinski definition) is 4. The lowest BCUT2D eigenvalue weighted by Gasteiger charge is -2.30. The van der Waals surface area contributed by atoms with Crippen molar-refractivity contribution in [3.05, 3.63) is 24.3 Å². The summed E-state index contributed by atoms with van der Waals surface area (Å²) >= 11 is 0. The molecule has 0 aromatic heterocycles. The number of amides is 1. The zero-order valence-electron chi connectivity index (χ0n) is 14.0. The molecule has 0 heterocycles. The van der Waals surface area contributed by atoms with Crippen LogP contribution in [0.15, 0.2) is 24.3 Å². The molecular formula is C18H28N2O3. The lowest BCUT2D eigenvalue weighted by atomic mass is 9.86. The van der Waals surface area contributed by atoms with Crippen molar-refractivity contribution in [1.29, 1.82) is 0 Å². The standard InChI is InChI=1S/C18H28N2O3/c1-13(19-15-5-3-14(12-21)4-6-15)11-18(22)20-16-7-9-17(23-2)10-8-16/h7-10,13-15,19,21H,3-6,11-12H2,1-2H3,(H,20,22). The highest BCUT2D eigenvalue weighted by molar-refractivity contribution is 5.91. The molecule has 1 aromatic carbocycles. The number of hydrogen-bond donors (Lipinski definition) is 3. The summed E-state index contributed by atoms with van der Waals surface area (Å²) in [5.74, 6) is 1.25. The predicted molar refractivity (Wildman–Crippen MR) is 91.7 cm³/mol. The van der Waals surface area contributed by atoms with E-state index in [2.05, 4.69) is 10.6 Å². The molecule has 5 nitrogen and oxygen atoms in total. The van der Waals surface area contributed by atoms with Crippen molar-refractivity contribution in [1.82, 2.24) is 5.32 Å². The van der Waals surface area contributed by atoms with Gasteiger partial charge >= 0.3 is 0 Å². The van der Waals surface area contributed by atoms with E-state index in [1.165, 1.54) is 0 Å². The molecule has 1 fully saturated rings. The van der Waals surface area contributed by atoms with Crippen molar-refractivity contribution in [2.75, 3.05) is 19.0 Å². The number of benzene rings is 1. The fourth-order valence-corrected chi connectivity index (χ4v) is 3.14. The minimum atomic E-state index is 0.0132. The van der Waals surface area contributed by atoms with Gasteiger partial charge in [-0.15, -0.1) is 0 Å². The van der Waals surface area contributed by atoms with E-state index in [9.17, 15) is 9.90 Å². The van der Waals surface area contributed by atoms with Crippen LogP contribution in [-0.2, 0) is 4.79 Å². The van der Waals surface area contributed by atoms with Crippen LogP contribution in [-0.4, -0.2) is 36.8 Å². The van der Waals surface area contributed by atoms with Crippen LogP contribution in [0.5, 0.6) is 5.75 Å². The predicted octanol–water partition coefficient (Wildman–Crippen LogP) is 2.55. The first kappa shape index (κ1) is 17.8. The van der Waals surface area contributed by atoms with Gasteiger partial charge in [-0.3, -0.25) is 4.79 Å². The molecule has 1 amide bonds. The van der Waals surface area contributed by atoms with Crippen LogP contribution in [0.4, 0.5) is 5.69 Å². The second-order valence-electron chi connectivity index (χ2n) is 6.45. The van der Waals surface area contributed by atoms with E-state index in [4.69, 9.17) is 4.74 Å². The minimum Gasteiger partial charge on any atom is -0.497 e. The molecule has 0 radical (unpaired) electrons. The van der Waals surface area contributed by atoms with Gasteiger partial charge in [0.05, 0.1) is 7.11 Å². The fraction of sp³-hybridized carbons (Fsp3) is 0.611. The largest absolute Gasteiger partial charge is 0.497 e. The average molecular weight is 320 g/mol. The first-order valence-electron chi connectivity index (χ1n) is 8.41. The molecule has 23 heavy (non-hydrogen) atoms. The highest BCUT2D eigenvalue weighted by atomic mass is 16.5. The second-order valence-corrected chi connectivity index (χ2v) is 6.45. The van der Waals surface area contributed by atoms with Crippen molar-refractivity contribution in [2.24, 2.45) is 5.92 Å². The first-order chi connectivity index (χ1) is 11.1. The van der Waals surface area contributed by atoms with E-state index in [-0.39, 0.29) is 11.9 Å². The summed E-state index contributed by atoms with van der Waals surface area (Å²) in [6.07, 6.45) is 4.75. The van der Waals surface area contributed by atoms with Crippen LogP contribution < -0.4 is 15.4 Å². The number of nitrogens with one attached hydrogen (secondary N) is 2. The third-order valence-corrected chi connectivity index (χ3v) is 4.49. The zero-order valence-corrected chi connectivity index (χ0v) is 14.0. The zero-order chi connectivity index (χ0) is 16.7. The topological polar surface area (TPSA) is 70.6 Å². The highest BCUT2D eigenvalue weighted by Crippen LogP contribution is 2.24. The van der Waals surface area contributed by atoms with Crippen molar-refractivity contribution in [2.45, 2.75) is 51.1 Å². The molecule has 5 heteroatoms. The second kappa shape index (κ2) is 8.89. The number of methoxy groups -OCH3 is 1. The van der Waals surface area contributed by atoms with Gasteiger partial charge < -0.3 is 20.5 Å². The number of carbonyl (C=O) groups excluding carboxylic acids is 1. The van der Waals surface area contributed by atoms with E-state index < -0.39 is 0 Å². The smallest absolute Gasteiger partial charge is 0.225 e. The molecule has 1 aliphatic carbocycles. The number of aliphatic hydroxyl groups excluding tert-OH is 1. The Hall–Kier alpha value is -1.59. The Bertz CT molecular complexity index is 482. The molecule has 128 valence electrons. The van der Waals surface area contributed by atoms with Gasteiger partial charge in [0.15, 0.2) is 0 Å². The van der Waals surface area contributed by atoms with Crippen molar-refractivity contribution < 1.29 is 14.6 Å². The molecule has 0 aliphatic heterocycles. The van der Waals surface area contributed by atoms with Gasteiger partial charge in [0.1, 0.15) is 5.75 Å². The monoisotopic (exact) mass is 320 g/mol. The average Bonchev–Trinajstić information content (AvgIpc) is 2.56. The molecule has 1 aromatic rings. The summed E-state index contributed by atoms with van der Waals surface area (Å²) in [6.45, 7) is 2.35. The number of ether oxygens (including phenoxy) is 1. The quantitative estimate of drug-likeness (QED) is 0.722. The normalized spacial score (nSPS) is 22.4. The third-order valence-electron chi connectivity index (χ3n) is 4.49. The molecule has 0 bridgehead atoms. The Labute approximate surface area is 138 Å². The maximum Gasteiger partial charge on any atom is 0.225 e. The van der Waals surface area contributed by atoms with Gasteiger partial charge in [-0.05, 0) is 62.8 Å². The molecule has 1 unspecified atom stereocenters. The fourth-order valence-electron chi connectivity index (χ4n) is 3.14. The van der Waals surface area contributed by atoms with E-state index in [1.54, 1.807) is 7.11 Å². The Morgan fingerprint density at radius 1 is 1.26 bits per heavy atom. The van der Waals surface area contributed by atoms with Crippen molar-refractivity contribution in [3.8, 4) is 5.75 Å². The van der Waals surface area contributed by atoms with Crippen LogP contribution in [0.25, 0.3) is 0 Å². The summed E-state index contributed by atoms with van der Waals surface area (Å²) in [7, 11) is 1.62. The summed E-state index contributed by atoms with van der Waals surface area (Å²) in [4.78, 5) is 12.1. The number of aliphatic hydroxyl groups is 1. The van der Waals surface area contributed by atoms with Crippen LogP contribution in [0.1, 0.15) is 39.0 Å². The van der Waals surface area contributed by atoms with Crippen LogP contribution in [0, 0.1) is 5.92 Å². The van der Waals surface area contributed by atoms with E-state index in [1.807, 2.05) is 31.2 Å². The third kappa shape index (κ3) is 5.84. The summed E-state index contributed by atoms with van der Waals surface area (Å²) in [6, 6.07) is 7.94. The van der Waals surface area contributed by atoms with Gasteiger partial charge in [0.2, 0.25) is 5.91 Å². The molecule has 1 aliphatic rings. The van der Waals surface area contributed by atoms with Crippen molar-refractivity contribution >= 4 is 11.6 Å². The van der Waals surface area contributed by atoms with Gasteiger partial charge in [-0.25, -0.2) is 0 Å². The van der Waals surface area contributed by atoms with Gasteiger partial charge in [0, 0.05) is 30.8 Å². The SMILES string of the molecule is COc1ccc(NC(=O)CC(C)NC2CCC(CO)CC2)cc1. The Morgan fingerprint density at radius 2 is 1.91 bits per heavy atom. The van der Waals surface area contributed by atoms with E-state index in [0.717, 1.165) is 37.1 Å². The molecule has 0 saturated heterocycles. The first-order valence-corrected chi connectivity index (χ1v) is 8.41. The lowest BCUT2D eigenvalue weighted by Crippen LogP contribution is -2.41. The molecule has 1 atom stereocenters. The number of carbonyl (C=O) groups is 1. The van der Waals surface area contributed by atoms with Gasteiger partial charge in [0.25, 0.3) is 0 Å². The van der Waals surface area contributed by atoms with Crippen LogP contribution in [0.2, 0.25) is 0 Å². The lowest BCUT2D eigenvalue weighted by molar-refractivity contribution is -0.116. The summed E-state index contributed by atoms with van der Waals surface area (Å²) in [5.41, 5.74) is 0.784. The molecular weight excluding hydrogens is 292 g/mol. The highest BCUT2D eigenvalue weighted by Gasteiger charge is 2.22. The summed E-state index contributed by atoms with van der Waals surface area (Å²) in [5, 5.41) is 15.6. The molecule has 0 spiro atoms. The molecule has 1 saturated carbocycles. The van der Waals surface area contributed by atoms with Gasteiger partial charge in [-0.2, -0.15) is 0 Å². The Balaban J connectivity index is 1.71. The van der Waals surface area contributed by atoms with Gasteiger partial charge in [-0.1, -0.05) is 0 Å². The molecule has 2 rings (SSSR count). The van der Waals surface area contributed by atoms with Crippen LogP contribution >= 0.6 is 0 Å². The van der Waals surface area contributed by atoms with E-state index >= 15 is 0 Å².